The second-order valence-corrected chi connectivity index (χ2v) is 8.34. The van der Waals surface area contributed by atoms with E-state index in [1.165, 1.54) is 28.4 Å². The predicted molar refractivity (Wildman–Crippen MR) is 86.8 cm³/mol. The van der Waals surface area contributed by atoms with Gasteiger partial charge < -0.3 is 10.1 Å². The molecule has 4 nitrogen and oxygen atoms in total. The average molecular weight is 309 g/mol. The third kappa shape index (κ3) is 4.25. The Balaban J connectivity index is 1.70. The second-order valence-electron chi connectivity index (χ2n) is 7.17. The van der Waals surface area contributed by atoms with Crippen molar-refractivity contribution in [3.8, 4) is 0 Å². The van der Waals surface area contributed by atoms with Crippen LogP contribution in [0, 0.1) is 0 Å². The maximum Gasteiger partial charge on any atom is 0.107 e. The minimum Gasteiger partial charge on any atom is -0.379 e. The SMILES string of the molecule is CC(C)(C)c1nc(CN2CCOCC2)sc1CNC1CC1. The van der Waals surface area contributed by atoms with Crippen molar-refractivity contribution in [3.05, 3.63) is 15.6 Å². The number of rotatable bonds is 5. The summed E-state index contributed by atoms with van der Waals surface area (Å²) in [6.07, 6.45) is 2.68. The zero-order valence-electron chi connectivity index (χ0n) is 13.4. The molecule has 2 aliphatic rings. The van der Waals surface area contributed by atoms with Gasteiger partial charge in [0.25, 0.3) is 0 Å². The third-order valence-electron chi connectivity index (χ3n) is 4.04. The molecule has 0 spiro atoms. The van der Waals surface area contributed by atoms with Crippen molar-refractivity contribution < 1.29 is 4.74 Å². The number of aromatic nitrogens is 1. The zero-order chi connectivity index (χ0) is 14.9. The Bertz CT molecular complexity index is 470. The molecule has 1 saturated carbocycles. The van der Waals surface area contributed by atoms with Gasteiger partial charge in [-0.15, -0.1) is 11.3 Å². The van der Waals surface area contributed by atoms with Crippen molar-refractivity contribution in [2.75, 3.05) is 26.3 Å². The van der Waals surface area contributed by atoms with Gasteiger partial charge in [-0.25, -0.2) is 4.98 Å². The summed E-state index contributed by atoms with van der Waals surface area (Å²) < 4.78 is 5.42. The Morgan fingerprint density at radius 2 is 2.00 bits per heavy atom. The third-order valence-corrected chi connectivity index (χ3v) is 5.08. The van der Waals surface area contributed by atoms with Crippen LogP contribution in [0.3, 0.4) is 0 Å². The van der Waals surface area contributed by atoms with Gasteiger partial charge in [-0.05, 0) is 12.8 Å². The van der Waals surface area contributed by atoms with Gasteiger partial charge in [-0.1, -0.05) is 20.8 Å². The molecule has 1 aromatic rings. The number of nitrogens with one attached hydrogen (secondary N) is 1. The molecule has 0 aromatic carbocycles. The van der Waals surface area contributed by atoms with E-state index in [0.29, 0.717) is 0 Å². The van der Waals surface area contributed by atoms with E-state index in [9.17, 15) is 0 Å². The lowest BCUT2D eigenvalue weighted by Crippen LogP contribution is -2.35. The van der Waals surface area contributed by atoms with Crippen LogP contribution >= 0.6 is 11.3 Å². The van der Waals surface area contributed by atoms with Crippen molar-refractivity contribution in [1.82, 2.24) is 15.2 Å². The van der Waals surface area contributed by atoms with E-state index in [-0.39, 0.29) is 5.41 Å². The molecular weight excluding hydrogens is 282 g/mol. The normalized spacial score (nSPS) is 20.9. The molecule has 1 N–H and O–H groups in total. The molecule has 3 rings (SSSR count). The van der Waals surface area contributed by atoms with Gasteiger partial charge in [0, 0.05) is 36.0 Å². The summed E-state index contributed by atoms with van der Waals surface area (Å²) in [5, 5.41) is 4.90. The molecule has 0 amide bonds. The van der Waals surface area contributed by atoms with Gasteiger partial charge in [0.15, 0.2) is 0 Å². The van der Waals surface area contributed by atoms with Gasteiger partial charge in [-0.2, -0.15) is 0 Å². The number of hydrogen-bond donors (Lipinski definition) is 1. The lowest BCUT2D eigenvalue weighted by Gasteiger charge is -2.25. The Hall–Kier alpha value is -0.490. The Labute approximate surface area is 131 Å². The summed E-state index contributed by atoms with van der Waals surface area (Å²) in [5.41, 5.74) is 1.41. The minimum absolute atomic E-state index is 0.125. The van der Waals surface area contributed by atoms with Gasteiger partial charge in [0.2, 0.25) is 0 Å². The molecule has 1 saturated heterocycles. The average Bonchev–Trinajstić information content (AvgIpc) is 3.17. The monoisotopic (exact) mass is 309 g/mol. The van der Waals surface area contributed by atoms with Crippen LogP contribution in [-0.2, 0) is 23.2 Å². The summed E-state index contributed by atoms with van der Waals surface area (Å²) in [6.45, 7) is 12.5. The minimum atomic E-state index is 0.125. The molecular formula is C16H27N3OS. The first-order valence-corrected chi connectivity index (χ1v) is 8.86. The highest BCUT2D eigenvalue weighted by atomic mass is 32.1. The van der Waals surface area contributed by atoms with Crippen LogP contribution in [-0.4, -0.2) is 42.2 Å². The second kappa shape index (κ2) is 6.32. The molecule has 0 bridgehead atoms. The first-order valence-electron chi connectivity index (χ1n) is 8.05. The van der Waals surface area contributed by atoms with Crippen LogP contribution < -0.4 is 5.32 Å². The zero-order valence-corrected chi connectivity index (χ0v) is 14.3. The van der Waals surface area contributed by atoms with Gasteiger partial charge in [0.05, 0.1) is 25.5 Å². The molecule has 1 aliphatic carbocycles. The first kappa shape index (κ1) is 15.4. The molecule has 0 unspecified atom stereocenters. The quantitative estimate of drug-likeness (QED) is 0.907. The van der Waals surface area contributed by atoms with Crippen LogP contribution in [0.4, 0.5) is 0 Å². The van der Waals surface area contributed by atoms with Gasteiger partial charge in [0.1, 0.15) is 5.01 Å². The molecule has 0 radical (unpaired) electrons. The Morgan fingerprint density at radius 3 is 2.62 bits per heavy atom. The lowest BCUT2D eigenvalue weighted by atomic mass is 9.91. The maximum atomic E-state index is 5.42. The van der Waals surface area contributed by atoms with Crippen LogP contribution in [0.15, 0.2) is 0 Å². The highest BCUT2D eigenvalue weighted by Crippen LogP contribution is 2.31. The van der Waals surface area contributed by atoms with Crippen molar-refractivity contribution in [3.63, 3.8) is 0 Å². The van der Waals surface area contributed by atoms with Crippen molar-refractivity contribution >= 4 is 11.3 Å². The number of thiazole rings is 1. The molecule has 118 valence electrons. The van der Waals surface area contributed by atoms with Crippen molar-refractivity contribution in [2.24, 2.45) is 0 Å². The molecule has 1 aliphatic heterocycles. The molecule has 1 aromatic heterocycles. The number of nitrogens with zero attached hydrogens (tertiary/aromatic N) is 2. The summed E-state index contributed by atoms with van der Waals surface area (Å²) in [6, 6.07) is 0.752. The fourth-order valence-corrected chi connectivity index (χ4v) is 3.92. The van der Waals surface area contributed by atoms with E-state index in [2.05, 4.69) is 31.0 Å². The van der Waals surface area contributed by atoms with E-state index in [1.54, 1.807) is 0 Å². The van der Waals surface area contributed by atoms with Crippen LogP contribution in [0.1, 0.15) is 49.2 Å². The Kier molecular flexibility index (Phi) is 4.64. The molecule has 0 atom stereocenters. The van der Waals surface area contributed by atoms with Crippen molar-refractivity contribution in [1.29, 1.82) is 0 Å². The predicted octanol–water partition coefficient (Wildman–Crippen LogP) is 2.52. The highest BCUT2D eigenvalue weighted by molar-refractivity contribution is 7.11. The standard InChI is InChI=1S/C16H27N3OS/c1-16(2,3)15-13(10-17-12-4-5-12)21-14(18-15)11-19-6-8-20-9-7-19/h12,17H,4-11H2,1-3H3. The Morgan fingerprint density at radius 1 is 1.29 bits per heavy atom. The number of morpholine rings is 1. The summed E-state index contributed by atoms with van der Waals surface area (Å²) >= 11 is 1.89. The first-order chi connectivity index (χ1) is 10.0. The van der Waals surface area contributed by atoms with Gasteiger partial charge in [-0.3, -0.25) is 4.90 Å². The largest absolute Gasteiger partial charge is 0.379 e. The fraction of sp³-hybridized carbons (Fsp3) is 0.812. The van der Waals surface area contributed by atoms with Gasteiger partial charge >= 0.3 is 0 Å². The highest BCUT2D eigenvalue weighted by Gasteiger charge is 2.26. The van der Waals surface area contributed by atoms with E-state index in [1.807, 2.05) is 11.3 Å². The topological polar surface area (TPSA) is 37.4 Å². The van der Waals surface area contributed by atoms with Crippen LogP contribution in [0.25, 0.3) is 0 Å². The van der Waals surface area contributed by atoms with E-state index in [0.717, 1.165) is 45.4 Å². The maximum absolute atomic E-state index is 5.42. The smallest absolute Gasteiger partial charge is 0.107 e. The summed E-state index contributed by atoms with van der Waals surface area (Å²) in [5.74, 6) is 0. The molecule has 5 heteroatoms. The molecule has 21 heavy (non-hydrogen) atoms. The molecule has 2 fully saturated rings. The number of ether oxygens (including phenoxy) is 1. The summed E-state index contributed by atoms with van der Waals surface area (Å²) in [7, 11) is 0. The lowest BCUT2D eigenvalue weighted by molar-refractivity contribution is 0.0341. The summed E-state index contributed by atoms with van der Waals surface area (Å²) in [4.78, 5) is 8.85. The van der Waals surface area contributed by atoms with Crippen LogP contribution in [0.5, 0.6) is 0 Å². The van der Waals surface area contributed by atoms with Crippen LogP contribution in [0.2, 0.25) is 0 Å². The van der Waals surface area contributed by atoms with E-state index < -0.39 is 0 Å². The molecule has 2 heterocycles. The van der Waals surface area contributed by atoms with E-state index >= 15 is 0 Å². The van der Waals surface area contributed by atoms with Crippen molar-refractivity contribution in [2.45, 2.75) is 58.2 Å². The fourth-order valence-electron chi connectivity index (χ4n) is 2.65. The van der Waals surface area contributed by atoms with E-state index in [4.69, 9.17) is 9.72 Å². The number of hydrogen-bond acceptors (Lipinski definition) is 5.